The number of alkyl halides is 4. The van der Waals surface area contributed by atoms with E-state index in [2.05, 4.69) is 20.7 Å². The molecule has 0 radical (unpaired) electrons. The summed E-state index contributed by atoms with van der Waals surface area (Å²) < 4.78 is 54.1. The highest BCUT2D eigenvalue weighted by Crippen LogP contribution is 2.30. The van der Waals surface area contributed by atoms with Crippen molar-refractivity contribution in [3.05, 3.63) is 47.0 Å². The number of nitrogens with one attached hydrogen (secondary N) is 2. The number of halogens is 5. The van der Waals surface area contributed by atoms with Gasteiger partial charge in [-0.1, -0.05) is 17.7 Å². The van der Waals surface area contributed by atoms with Gasteiger partial charge in [0.25, 0.3) is 5.91 Å². The van der Waals surface area contributed by atoms with Gasteiger partial charge in [0.1, 0.15) is 18.1 Å². The highest BCUT2D eigenvalue weighted by atomic mass is 35.5. The monoisotopic (exact) mass is 472 g/mol. The lowest BCUT2D eigenvalue weighted by atomic mass is 9.91. The lowest BCUT2D eigenvalue weighted by molar-refractivity contribution is -0.140. The molecule has 12 heteroatoms. The van der Waals surface area contributed by atoms with E-state index in [1.165, 1.54) is 21.3 Å². The SMILES string of the molecule is O=C(N[C@H]1CC[C@@H](Nc2cccc3nc(C(F)(F)F)cn23)CC1)c1cn(CCF)nc1Cl. The molecule has 4 rings (SSSR count). The van der Waals surface area contributed by atoms with E-state index in [1.54, 1.807) is 12.1 Å². The van der Waals surface area contributed by atoms with Crippen LogP contribution >= 0.6 is 11.6 Å². The number of amides is 1. The maximum atomic E-state index is 13.0. The number of fused-ring (bicyclic) bond motifs is 1. The molecule has 0 saturated heterocycles. The fraction of sp³-hybridized carbons (Fsp3) is 0.450. The molecule has 0 spiro atoms. The molecule has 3 heterocycles. The second-order valence-corrected chi connectivity index (χ2v) is 8.07. The van der Waals surface area contributed by atoms with Crippen molar-refractivity contribution in [2.24, 2.45) is 0 Å². The Morgan fingerprint density at radius 2 is 1.88 bits per heavy atom. The van der Waals surface area contributed by atoms with Gasteiger partial charge in [-0.15, -0.1) is 0 Å². The Balaban J connectivity index is 1.35. The minimum absolute atomic E-state index is 0.0257. The van der Waals surface area contributed by atoms with Crippen LogP contribution in [0.4, 0.5) is 23.4 Å². The first-order chi connectivity index (χ1) is 15.2. The standard InChI is InChI=1S/C20H21ClF4N6O/c21-18-14(10-30(29-18)9-8-22)19(32)27-13-6-4-12(5-7-13)26-16-2-1-3-17-28-15(11-31(16)17)20(23,24)25/h1-3,10-13,26H,4-9H2,(H,27,32)/t12-,13+. The van der Waals surface area contributed by atoms with Gasteiger partial charge in [-0.05, 0) is 37.8 Å². The van der Waals surface area contributed by atoms with Crippen LogP contribution < -0.4 is 10.6 Å². The van der Waals surface area contributed by atoms with E-state index in [9.17, 15) is 22.4 Å². The number of imidazole rings is 1. The number of pyridine rings is 1. The molecule has 1 saturated carbocycles. The van der Waals surface area contributed by atoms with E-state index >= 15 is 0 Å². The number of rotatable bonds is 6. The van der Waals surface area contributed by atoms with Crippen molar-refractivity contribution in [1.29, 1.82) is 0 Å². The van der Waals surface area contributed by atoms with Crippen molar-refractivity contribution in [2.45, 2.75) is 50.5 Å². The summed E-state index contributed by atoms with van der Waals surface area (Å²) in [4.78, 5) is 16.1. The minimum Gasteiger partial charge on any atom is -0.368 e. The first-order valence-electron chi connectivity index (χ1n) is 10.2. The summed E-state index contributed by atoms with van der Waals surface area (Å²) >= 11 is 5.98. The summed E-state index contributed by atoms with van der Waals surface area (Å²) in [5, 5.41) is 10.2. The molecule has 0 aromatic carbocycles. The number of nitrogens with zero attached hydrogens (tertiary/aromatic N) is 4. The molecule has 32 heavy (non-hydrogen) atoms. The average molecular weight is 473 g/mol. The number of aryl methyl sites for hydroxylation is 1. The van der Waals surface area contributed by atoms with E-state index < -0.39 is 18.5 Å². The minimum atomic E-state index is -4.51. The molecule has 3 aromatic heterocycles. The van der Waals surface area contributed by atoms with Gasteiger partial charge >= 0.3 is 6.18 Å². The maximum Gasteiger partial charge on any atom is 0.434 e. The van der Waals surface area contributed by atoms with Crippen LogP contribution in [0.1, 0.15) is 41.7 Å². The summed E-state index contributed by atoms with van der Waals surface area (Å²) in [6.45, 7) is -0.585. The molecule has 1 aliphatic rings. The van der Waals surface area contributed by atoms with Gasteiger partial charge in [0, 0.05) is 24.5 Å². The van der Waals surface area contributed by atoms with Gasteiger partial charge in [-0.3, -0.25) is 13.9 Å². The molecule has 0 aliphatic heterocycles. The number of carbonyl (C=O) groups is 1. The molecule has 0 atom stereocenters. The Kier molecular flexibility index (Phi) is 6.27. The fourth-order valence-corrected chi connectivity index (χ4v) is 4.10. The fourth-order valence-electron chi connectivity index (χ4n) is 3.87. The zero-order valence-corrected chi connectivity index (χ0v) is 17.6. The van der Waals surface area contributed by atoms with Crippen molar-refractivity contribution < 1.29 is 22.4 Å². The Morgan fingerprint density at radius 3 is 2.56 bits per heavy atom. The van der Waals surface area contributed by atoms with Crippen LogP contribution in [-0.2, 0) is 12.7 Å². The zero-order valence-electron chi connectivity index (χ0n) is 16.9. The Bertz CT molecular complexity index is 1100. The average Bonchev–Trinajstić information content (AvgIpc) is 3.34. The quantitative estimate of drug-likeness (QED) is 0.524. The first kappa shape index (κ1) is 22.4. The molecular formula is C20H21ClF4N6O. The summed E-state index contributed by atoms with van der Waals surface area (Å²) in [6, 6.07) is 4.86. The van der Waals surface area contributed by atoms with E-state index in [-0.39, 0.29) is 40.9 Å². The summed E-state index contributed by atoms with van der Waals surface area (Å²) in [6.07, 6.45) is 0.710. The molecule has 1 fully saturated rings. The van der Waals surface area contributed by atoms with Crippen LogP contribution in [0.25, 0.3) is 5.65 Å². The lowest BCUT2D eigenvalue weighted by Gasteiger charge is -2.30. The zero-order chi connectivity index (χ0) is 22.9. The summed E-state index contributed by atoms with van der Waals surface area (Å²) in [7, 11) is 0. The van der Waals surface area contributed by atoms with Crippen LogP contribution in [0.5, 0.6) is 0 Å². The Labute approximate surface area is 185 Å². The smallest absolute Gasteiger partial charge is 0.368 e. The molecule has 1 aliphatic carbocycles. The second-order valence-electron chi connectivity index (χ2n) is 7.72. The third-order valence-corrected chi connectivity index (χ3v) is 5.75. The number of aromatic nitrogens is 4. The van der Waals surface area contributed by atoms with Gasteiger partial charge in [0.2, 0.25) is 0 Å². The van der Waals surface area contributed by atoms with Gasteiger partial charge in [-0.25, -0.2) is 9.37 Å². The predicted molar refractivity (Wildman–Crippen MR) is 111 cm³/mol. The summed E-state index contributed by atoms with van der Waals surface area (Å²) in [5.74, 6) is 0.171. The van der Waals surface area contributed by atoms with Crippen LogP contribution in [0, 0.1) is 0 Å². The van der Waals surface area contributed by atoms with Crippen LogP contribution in [0.2, 0.25) is 5.15 Å². The van der Waals surface area contributed by atoms with E-state index in [1.807, 2.05) is 0 Å². The van der Waals surface area contributed by atoms with Gasteiger partial charge in [-0.2, -0.15) is 18.3 Å². The number of carbonyl (C=O) groups excluding carboxylic acids is 1. The topological polar surface area (TPSA) is 76.2 Å². The maximum absolute atomic E-state index is 13.0. The Morgan fingerprint density at radius 1 is 1.16 bits per heavy atom. The highest BCUT2D eigenvalue weighted by molar-refractivity contribution is 6.32. The lowest BCUT2D eigenvalue weighted by Crippen LogP contribution is -2.40. The molecule has 3 aromatic rings. The molecule has 0 unspecified atom stereocenters. The number of anilines is 1. The molecule has 7 nitrogen and oxygen atoms in total. The normalized spacial score (nSPS) is 19.3. The van der Waals surface area contributed by atoms with Gasteiger partial charge in [0.15, 0.2) is 10.8 Å². The third-order valence-electron chi connectivity index (χ3n) is 5.47. The molecule has 2 N–H and O–H groups in total. The first-order valence-corrected chi connectivity index (χ1v) is 10.5. The Hall–Kier alpha value is -2.82. The van der Waals surface area contributed by atoms with Crippen molar-refractivity contribution in [1.82, 2.24) is 24.5 Å². The van der Waals surface area contributed by atoms with Crippen molar-refractivity contribution >= 4 is 29.0 Å². The molecular weight excluding hydrogens is 452 g/mol. The predicted octanol–water partition coefficient (Wildman–Crippen LogP) is 4.33. The van der Waals surface area contributed by atoms with Crippen LogP contribution in [-0.4, -0.2) is 43.8 Å². The highest BCUT2D eigenvalue weighted by Gasteiger charge is 2.34. The van der Waals surface area contributed by atoms with Crippen LogP contribution in [0.15, 0.2) is 30.6 Å². The summed E-state index contributed by atoms with van der Waals surface area (Å²) in [5.41, 5.74) is -0.521. The van der Waals surface area contributed by atoms with Gasteiger partial charge in [0.05, 0.1) is 12.1 Å². The largest absolute Gasteiger partial charge is 0.434 e. The van der Waals surface area contributed by atoms with Crippen molar-refractivity contribution in [3.63, 3.8) is 0 Å². The molecule has 172 valence electrons. The van der Waals surface area contributed by atoms with Crippen molar-refractivity contribution in [2.75, 3.05) is 12.0 Å². The van der Waals surface area contributed by atoms with E-state index in [0.29, 0.717) is 18.7 Å². The second kappa shape index (κ2) is 8.97. The molecule has 1 amide bonds. The number of hydrogen-bond acceptors (Lipinski definition) is 4. The van der Waals surface area contributed by atoms with Crippen LogP contribution in [0.3, 0.4) is 0 Å². The third kappa shape index (κ3) is 4.82. The number of hydrogen-bond donors (Lipinski definition) is 2. The van der Waals surface area contributed by atoms with E-state index in [0.717, 1.165) is 19.0 Å². The van der Waals surface area contributed by atoms with E-state index in [4.69, 9.17) is 11.6 Å². The molecule has 0 bridgehead atoms. The van der Waals surface area contributed by atoms with Gasteiger partial charge < -0.3 is 10.6 Å². The van der Waals surface area contributed by atoms with Crippen molar-refractivity contribution in [3.8, 4) is 0 Å².